The van der Waals surface area contributed by atoms with Crippen LogP contribution in [0.4, 0.5) is 0 Å². The van der Waals surface area contributed by atoms with Gasteiger partial charge in [-0.2, -0.15) is 0 Å². The minimum Gasteiger partial charge on any atom is -0.466 e. The summed E-state index contributed by atoms with van der Waals surface area (Å²) in [6.45, 7) is 5.14. The Kier molecular flexibility index (Phi) is 20.1. The SMILES string of the molecule is CCCCCCCCCCCOC(=O)CCCCCCCCCC. The molecule has 0 saturated heterocycles. The molecule has 0 saturated carbocycles. The molecule has 0 aliphatic carbocycles. The first-order valence-corrected chi connectivity index (χ1v) is 11.0. The third kappa shape index (κ3) is 19.5. The summed E-state index contributed by atoms with van der Waals surface area (Å²) in [5.41, 5.74) is 0. The van der Waals surface area contributed by atoms with Crippen molar-refractivity contribution in [1.29, 1.82) is 0 Å². The Hall–Kier alpha value is -0.530. The van der Waals surface area contributed by atoms with Gasteiger partial charge in [0.15, 0.2) is 0 Å². The van der Waals surface area contributed by atoms with Crippen LogP contribution >= 0.6 is 0 Å². The molecule has 0 amide bonds. The van der Waals surface area contributed by atoms with Gasteiger partial charge in [-0.1, -0.05) is 110 Å². The molecule has 0 spiro atoms. The Morgan fingerprint density at radius 2 is 0.917 bits per heavy atom. The predicted molar refractivity (Wildman–Crippen MR) is 105 cm³/mol. The molecular weight excluding hydrogens is 296 g/mol. The van der Waals surface area contributed by atoms with Gasteiger partial charge in [-0.05, 0) is 12.8 Å². The standard InChI is InChI=1S/C22H44O2/c1-3-5-7-9-11-13-15-17-19-21-24-22(23)20-18-16-14-12-10-8-6-4-2/h3-21H2,1-2H3. The zero-order valence-electron chi connectivity index (χ0n) is 16.8. The van der Waals surface area contributed by atoms with Crippen molar-refractivity contribution >= 4 is 5.97 Å². The van der Waals surface area contributed by atoms with E-state index >= 15 is 0 Å². The smallest absolute Gasteiger partial charge is 0.305 e. The number of ether oxygens (including phenoxy) is 1. The van der Waals surface area contributed by atoms with Gasteiger partial charge in [0.25, 0.3) is 0 Å². The first-order chi connectivity index (χ1) is 11.8. The normalized spacial score (nSPS) is 10.9. The Bertz CT molecular complexity index is 250. The van der Waals surface area contributed by atoms with Gasteiger partial charge in [-0.15, -0.1) is 0 Å². The minimum absolute atomic E-state index is 0.0144. The second kappa shape index (κ2) is 20.5. The van der Waals surface area contributed by atoms with Crippen LogP contribution in [-0.2, 0) is 9.53 Å². The van der Waals surface area contributed by atoms with Gasteiger partial charge >= 0.3 is 5.97 Å². The molecule has 0 rings (SSSR count). The molecule has 0 N–H and O–H groups in total. The molecule has 0 bridgehead atoms. The molecule has 0 aromatic rings. The summed E-state index contributed by atoms with van der Waals surface area (Å²) in [6, 6.07) is 0. The number of rotatable bonds is 19. The van der Waals surface area contributed by atoms with Crippen LogP contribution in [0, 0.1) is 0 Å². The Morgan fingerprint density at radius 1 is 0.542 bits per heavy atom. The highest BCUT2D eigenvalue weighted by Gasteiger charge is 2.02. The first-order valence-electron chi connectivity index (χ1n) is 11.0. The van der Waals surface area contributed by atoms with E-state index in [9.17, 15) is 4.79 Å². The van der Waals surface area contributed by atoms with Crippen LogP contribution in [0.3, 0.4) is 0 Å². The lowest BCUT2D eigenvalue weighted by Gasteiger charge is -2.05. The molecule has 24 heavy (non-hydrogen) atoms. The molecule has 0 fully saturated rings. The summed E-state index contributed by atoms with van der Waals surface area (Å²) < 4.78 is 5.32. The van der Waals surface area contributed by atoms with Crippen LogP contribution in [0.1, 0.15) is 129 Å². The molecule has 0 aliphatic rings. The summed E-state index contributed by atoms with van der Waals surface area (Å²) in [6.07, 6.45) is 22.6. The highest BCUT2D eigenvalue weighted by Crippen LogP contribution is 2.11. The predicted octanol–water partition coefficient (Wildman–Crippen LogP) is 7.59. The van der Waals surface area contributed by atoms with Gasteiger partial charge in [-0.3, -0.25) is 4.79 Å². The van der Waals surface area contributed by atoms with Gasteiger partial charge in [-0.25, -0.2) is 0 Å². The largest absolute Gasteiger partial charge is 0.466 e. The van der Waals surface area contributed by atoms with E-state index in [2.05, 4.69) is 13.8 Å². The van der Waals surface area contributed by atoms with Crippen LogP contribution < -0.4 is 0 Å². The number of esters is 1. The van der Waals surface area contributed by atoms with E-state index in [1.807, 2.05) is 0 Å². The van der Waals surface area contributed by atoms with E-state index in [0.29, 0.717) is 13.0 Å². The van der Waals surface area contributed by atoms with Crippen LogP contribution in [-0.4, -0.2) is 12.6 Å². The third-order valence-corrected chi connectivity index (χ3v) is 4.75. The topological polar surface area (TPSA) is 26.3 Å². The Labute approximate surface area is 152 Å². The van der Waals surface area contributed by atoms with E-state index < -0.39 is 0 Å². The fourth-order valence-corrected chi connectivity index (χ4v) is 3.07. The number of hydrogen-bond donors (Lipinski definition) is 0. The van der Waals surface area contributed by atoms with Crippen LogP contribution in [0.25, 0.3) is 0 Å². The maximum absolute atomic E-state index is 11.6. The number of carbonyl (C=O) groups excluding carboxylic acids is 1. The van der Waals surface area contributed by atoms with E-state index in [-0.39, 0.29) is 5.97 Å². The monoisotopic (exact) mass is 340 g/mol. The summed E-state index contributed by atoms with van der Waals surface area (Å²) in [7, 11) is 0. The molecule has 144 valence electrons. The second-order valence-electron chi connectivity index (χ2n) is 7.27. The second-order valence-corrected chi connectivity index (χ2v) is 7.27. The Balaban J connectivity index is 3.13. The molecule has 0 aromatic carbocycles. The van der Waals surface area contributed by atoms with Gasteiger partial charge in [0.1, 0.15) is 0 Å². The van der Waals surface area contributed by atoms with Crippen molar-refractivity contribution in [2.45, 2.75) is 129 Å². The maximum atomic E-state index is 11.6. The quantitative estimate of drug-likeness (QED) is 0.179. The number of hydrogen-bond acceptors (Lipinski definition) is 2. The van der Waals surface area contributed by atoms with E-state index in [4.69, 9.17) is 4.74 Å². The molecule has 0 aromatic heterocycles. The number of carbonyl (C=O) groups is 1. The van der Waals surface area contributed by atoms with Crippen molar-refractivity contribution in [2.24, 2.45) is 0 Å². The molecule has 0 unspecified atom stereocenters. The van der Waals surface area contributed by atoms with E-state index in [1.165, 1.54) is 96.3 Å². The highest BCUT2D eigenvalue weighted by molar-refractivity contribution is 5.69. The third-order valence-electron chi connectivity index (χ3n) is 4.75. The van der Waals surface area contributed by atoms with Crippen LogP contribution in [0.5, 0.6) is 0 Å². The van der Waals surface area contributed by atoms with E-state index in [1.54, 1.807) is 0 Å². The summed E-state index contributed by atoms with van der Waals surface area (Å²) in [5, 5.41) is 0. The van der Waals surface area contributed by atoms with Gasteiger partial charge < -0.3 is 4.74 Å². The van der Waals surface area contributed by atoms with Crippen molar-refractivity contribution in [1.82, 2.24) is 0 Å². The zero-order chi connectivity index (χ0) is 17.7. The van der Waals surface area contributed by atoms with Crippen molar-refractivity contribution in [2.75, 3.05) is 6.61 Å². The lowest BCUT2D eigenvalue weighted by molar-refractivity contribution is -0.143. The van der Waals surface area contributed by atoms with Crippen molar-refractivity contribution in [3.05, 3.63) is 0 Å². The van der Waals surface area contributed by atoms with Crippen molar-refractivity contribution in [3.8, 4) is 0 Å². The first kappa shape index (κ1) is 23.5. The van der Waals surface area contributed by atoms with Crippen LogP contribution in [0.2, 0.25) is 0 Å². The van der Waals surface area contributed by atoms with Gasteiger partial charge in [0, 0.05) is 6.42 Å². The Morgan fingerprint density at radius 3 is 1.38 bits per heavy atom. The lowest BCUT2D eigenvalue weighted by Crippen LogP contribution is -2.05. The molecular formula is C22H44O2. The lowest BCUT2D eigenvalue weighted by atomic mass is 10.1. The van der Waals surface area contributed by atoms with E-state index in [0.717, 1.165) is 12.8 Å². The molecule has 0 atom stereocenters. The fraction of sp³-hybridized carbons (Fsp3) is 0.955. The summed E-state index contributed by atoms with van der Waals surface area (Å²) >= 11 is 0. The molecule has 0 radical (unpaired) electrons. The molecule has 0 heterocycles. The van der Waals surface area contributed by atoms with Crippen molar-refractivity contribution in [3.63, 3.8) is 0 Å². The minimum atomic E-state index is 0.0144. The average molecular weight is 341 g/mol. The molecule has 2 heteroatoms. The van der Waals surface area contributed by atoms with Crippen LogP contribution in [0.15, 0.2) is 0 Å². The molecule has 0 aliphatic heterocycles. The summed E-state index contributed by atoms with van der Waals surface area (Å²) in [4.78, 5) is 11.6. The highest BCUT2D eigenvalue weighted by atomic mass is 16.5. The summed E-state index contributed by atoms with van der Waals surface area (Å²) in [5.74, 6) is 0.0144. The fourth-order valence-electron chi connectivity index (χ4n) is 3.07. The number of unbranched alkanes of at least 4 members (excludes halogenated alkanes) is 15. The van der Waals surface area contributed by atoms with Crippen molar-refractivity contribution < 1.29 is 9.53 Å². The average Bonchev–Trinajstić information content (AvgIpc) is 2.59. The zero-order valence-corrected chi connectivity index (χ0v) is 16.8. The van der Waals surface area contributed by atoms with Gasteiger partial charge in [0.05, 0.1) is 6.61 Å². The van der Waals surface area contributed by atoms with Gasteiger partial charge in [0.2, 0.25) is 0 Å². The maximum Gasteiger partial charge on any atom is 0.305 e. The molecule has 2 nitrogen and oxygen atoms in total.